The molecule has 0 N–H and O–H groups in total. The molecule has 0 aromatic carbocycles. The summed E-state index contributed by atoms with van der Waals surface area (Å²) in [5, 5.41) is 0.571. The summed E-state index contributed by atoms with van der Waals surface area (Å²) in [5.41, 5.74) is 0. The molecular formula is C21H42O2Si2. The number of hydrogen-bond donors (Lipinski definition) is 0. The van der Waals surface area contributed by atoms with Gasteiger partial charge < -0.3 is 8.85 Å². The molecule has 1 fully saturated rings. The highest BCUT2D eigenvalue weighted by molar-refractivity contribution is 6.74. The first kappa shape index (κ1) is 21.4. The molecular weight excluding hydrogens is 340 g/mol. The lowest BCUT2D eigenvalue weighted by Crippen LogP contribution is -2.45. The van der Waals surface area contributed by atoms with Gasteiger partial charge >= 0.3 is 0 Å². The Hall–Kier alpha value is 0.0938. The fourth-order valence-electron chi connectivity index (χ4n) is 3.56. The van der Waals surface area contributed by atoms with E-state index in [1.807, 2.05) is 0 Å². The molecule has 4 heteroatoms. The van der Waals surface area contributed by atoms with Gasteiger partial charge in [-0.1, -0.05) is 53.7 Å². The van der Waals surface area contributed by atoms with Gasteiger partial charge in [-0.2, -0.15) is 0 Å². The molecule has 1 saturated carbocycles. The highest BCUT2D eigenvalue weighted by Crippen LogP contribution is 2.50. The fourth-order valence-corrected chi connectivity index (χ4v) is 5.65. The minimum Gasteiger partial charge on any atom is -0.417 e. The van der Waals surface area contributed by atoms with E-state index in [0.717, 1.165) is 13.2 Å². The van der Waals surface area contributed by atoms with Crippen molar-refractivity contribution in [2.24, 2.45) is 23.7 Å². The Labute approximate surface area is 159 Å². The lowest BCUT2D eigenvalue weighted by molar-refractivity contribution is 0.119. The molecule has 2 nitrogen and oxygen atoms in total. The molecule has 2 bridgehead atoms. The predicted molar refractivity (Wildman–Crippen MR) is 114 cm³/mol. The lowest BCUT2D eigenvalue weighted by Gasteiger charge is -2.40. The van der Waals surface area contributed by atoms with Crippen LogP contribution in [0.15, 0.2) is 12.2 Å². The summed E-state index contributed by atoms with van der Waals surface area (Å²) >= 11 is 0. The first-order valence-electron chi connectivity index (χ1n) is 10.1. The number of hydrogen-bond acceptors (Lipinski definition) is 2. The van der Waals surface area contributed by atoms with Gasteiger partial charge in [0.25, 0.3) is 0 Å². The number of rotatable bonds is 6. The molecule has 0 aromatic rings. The summed E-state index contributed by atoms with van der Waals surface area (Å²) in [5.74, 6) is 2.72. The average Bonchev–Trinajstić information content (AvgIpc) is 3.01. The van der Waals surface area contributed by atoms with Crippen LogP contribution < -0.4 is 0 Å². The van der Waals surface area contributed by atoms with Gasteiger partial charge in [0.2, 0.25) is 0 Å². The van der Waals surface area contributed by atoms with Crippen LogP contribution in [0.2, 0.25) is 36.3 Å². The van der Waals surface area contributed by atoms with Crippen LogP contribution in [0.25, 0.3) is 0 Å². The second-order valence-corrected chi connectivity index (χ2v) is 21.0. The molecule has 146 valence electrons. The zero-order valence-electron chi connectivity index (χ0n) is 18.4. The highest BCUT2D eigenvalue weighted by atomic mass is 28.4. The third-order valence-corrected chi connectivity index (χ3v) is 16.7. The Balaban J connectivity index is 2.01. The van der Waals surface area contributed by atoms with E-state index in [1.54, 1.807) is 0 Å². The second kappa shape index (κ2) is 6.92. The normalized spacial score (nSPS) is 30.3. The lowest BCUT2D eigenvalue weighted by atomic mass is 9.84. The Morgan fingerprint density at radius 3 is 1.32 bits per heavy atom. The third kappa shape index (κ3) is 4.51. The third-order valence-electron chi connectivity index (χ3n) is 7.69. The molecule has 0 aliphatic heterocycles. The van der Waals surface area contributed by atoms with Crippen molar-refractivity contribution in [1.29, 1.82) is 0 Å². The zero-order valence-corrected chi connectivity index (χ0v) is 20.4. The van der Waals surface area contributed by atoms with Crippen molar-refractivity contribution in [1.82, 2.24) is 0 Å². The van der Waals surface area contributed by atoms with Gasteiger partial charge in [-0.15, -0.1) is 0 Å². The molecule has 2 rings (SSSR count). The minimum absolute atomic E-state index is 0.285. The molecule has 25 heavy (non-hydrogen) atoms. The number of allylic oxidation sites excluding steroid dienone is 2. The topological polar surface area (TPSA) is 18.5 Å². The Morgan fingerprint density at radius 1 is 0.720 bits per heavy atom. The quantitative estimate of drug-likeness (QED) is 0.387. The zero-order chi connectivity index (χ0) is 19.3. The van der Waals surface area contributed by atoms with Crippen molar-refractivity contribution in [2.45, 2.75) is 84.2 Å². The predicted octanol–water partition coefficient (Wildman–Crippen LogP) is 6.47. The van der Waals surface area contributed by atoms with E-state index in [0.29, 0.717) is 23.7 Å². The van der Waals surface area contributed by atoms with Crippen LogP contribution in [0.1, 0.15) is 48.0 Å². The van der Waals surface area contributed by atoms with Crippen LogP contribution in [-0.4, -0.2) is 29.8 Å². The van der Waals surface area contributed by atoms with Gasteiger partial charge in [-0.05, 0) is 66.4 Å². The fraction of sp³-hybridized carbons (Fsp3) is 0.905. The first-order chi connectivity index (χ1) is 11.2. The van der Waals surface area contributed by atoms with E-state index < -0.39 is 16.6 Å². The minimum atomic E-state index is -1.68. The second-order valence-electron chi connectivity index (χ2n) is 11.4. The van der Waals surface area contributed by atoms with Crippen molar-refractivity contribution in [3.05, 3.63) is 12.2 Å². The molecule has 2 aliphatic carbocycles. The summed E-state index contributed by atoms with van der Waals surface area (Å²) in [7, 11) is -3.35. The van der Waals surface area contributed by atoms with E-state index in [2.05, 4.69) is 79.9 Å². The van der Waals surface area contributed by atoms with Crippen LogP contribution >= 0.6 is 0 Å². The molecule has 0 amide bonds. The monoisotopic (exact) mass is 382 g/mol. The summed E-state index contributed by atoms with van der Waals surface area (Å²) in [6.45, 7) is 25.3. The maximum absolute atomic E-state index is 6.62. The first-order valence-corrected chi connectivity index (χ1v) is 15.9. The molecule has 0 heterocycles. The van der Waals surface area contributed by atoms with Crippen molar-refractivity contribution in [3.63, 3.8) is 0 Å². The summed E-state index contributed by atoms with van der Waals surface area (Å²) in [6.07, 6.45) is 6.22. The standard InChI is InChI=1S/C21H42O2Si2/c1-20(2,3)24(7,8)22-14-18-16-11-12-17(13-16)19(18)15-23-25(9,10)21(4,5)6/h11-12,16-19H,13-15H2,1-10H3/t16-,17+,18-,19+. The molecule has 2 aliphatic rings. The maximum atomic E-state index is 6.62. The van der Waals surface area contributed by atoms with Gasteiger partial charge in [0.15, 0.2) is 16.6 Å². The molecule has 0 saturated heterocycles. The summed E-state index contributed by atoms with van der Waals surface area (Å²) < 4.78 is 13.2. The SMILES string of the molecule is CC(C)(C)[Si](C)(C)OC[C@@H]1[C@H](CO[Si](C)(C)C(C)(C)C)[C@@H]2C=C[C@H]1C2. The van der Waals surface area contributed by atoms with E-state index in [4.69, 9.17) is 8.85 Å². The molecule has 0 radical (unpaired) electrons. The number of fused-ring (bicyclic) bond motifs is 2. The van der Waals surface area contributed by atoms with Crippen molar-refractivity contribution >= 4 is 16.6 Å². The van der Waals surface area contributed by atoms with Crippen molar-refractivity contribution in [2.75, 3.05) is 13.2 Å². The van der Waals surface area contributed by atoms with Crippen LogP contribution in [0.4, 0.5) is 0 Å². The Bertz CT molecular complexity index is 453. The Morgan fingerprint density at radius 2 is 1.04 bits per heavy atom. The Kier molecular flexibility index (Phi) is 5.92. The summed E-state index contributed by atoms with van der Waals surface area (Å²) in [6, 6.07) is 0. The molecule has 0 aromatic heterocycles. The van der Waals surface area contributed by atoms with Gasteiger partial charge in [0.05, 0.1) is 0 Å². The molecule has 4 atom stereocenters. The maximum Gasteiger partial charge on any atom is 0.191 e. The average molecular weight is 383 g/mol. The van der Waals surface area contributed by atoms with Gasteiger partial charge in [0, 0.05) is 13.2 Å². The van der Waals surface area contributed by atoms with E-state index >= 15 is 0 Å². The van der Waals surface area contributed by atoms with Crippen LogP contribution in [0, 0.1) is 23.7 Å². The summed E-state index contributed by atoms with van der Waals surface area (Å²) in [4.78, 5) is 0. The highest BCUT2D eigenvalue weighted by Gasteiger charge is 2.47. The van der Waals surface area contributed by atoms with E-state index in [-0.39, 0.29) is 10.1 Å². The largest absolute Gasteiger partial charge is 0.417 e. The van der Waals surface area contributed by atoms with Gasteiger partial charge in [-0.3, -0.25) is 0 Å². The molecule has 0 unspecified atom stereocenters. The van der Waals surface area contributed by atoms with Crippen LogP contribution in [0.3, 0.4) is 0 Å². The van der Waals surface area contributed by atoms with E-state index in [1.165, 1.54) is 6.42 Å². The van der Waals surface area contributed by atoms with Crippen molar-refractivity contribution < 1.29 is 8.85 Å². The van der Waals surface area contributed by atoms with E-state index in [9.17, 15) is 0 Å². The van der Waals surface area contributed by atoms with Crippen LogP contribution in [0.5, 0.6) is 0 Å². The van der Waals surface area contributed by atoms with Crippen LogP contribution in [-0.2, 0) is 8.85 Å². The van der Waals surface area contributed by atoms with Gasteiger partial charge in [0.1, 0.15) is 0 Å². The van der Waals surface area contributed by atoms with Gasteiger partial charge in [-0.25, -0.2) is 0 Å². The van der Waals surface area contributed by atoms with Crippen molar-refractivity contribution in [3.8, 4) is 0 Å². The molecule has 0 spiro atoms. The smallest absolute Gasteiger partial charge is 0.191 e.